The van der Waals surface area contributed by atoms with Crippen LogP contribution in [-0.2, 0) is 0 Å². The monoisotopic (exact) mass is 308 g/mol. The van der Waals surface area contributed by atoms with Gasteiger partial charge in [0.2, 0.25) is 0 Å². The molecule has 0 fully saturated rings. The molecule has 0 bridgehead atoms. The number of allylic oxidation sites excluding steroid dienone is 2. The van der Waals surface area contributed by atoms with Crippen molar-refractivity contribution in [2.24, 2.45) is 0 Å². The summed E-state index contributed by atoms with van der Waals surface area (Å²) < 4.78 is 0. The predicted octanol–water partition coefficient (Wildman–Crippen LogP) is 8.60. The molecule has 0 aromatic heterocycles. The molecule has 0 aromatic carbocycles. The van der Waals surface area contributed by atoms with Gasteiger partial charge in [0.25, 0.3) is 0 Å². The molecule has 0 saturated carbocycles. The molecule has 0 unspecified atom stereocenters. The average Bonchev–Trinajstić information content (AvgIpc) is 2.52. The molecule has 0 spiro atoms. The van der Waals surface area contributed by atoms with E-state index in [1.165, 1.54) is 109 Å². The van der Waals surface area contributed by atoms with E-state index >= 15 is 0 Å². The van der Waals surface area contributed by atoms with Crippen LogP contribution < -0.4 is 0 Å². The topological polar surface area (TPSA) is 0 Å². The fourth-order valence-electron chi connectivity index (χ4n) is 3.09. The normalized spacial score (nSPS) is 12.0. The molecular formula is C22H44. The zero-order valence-corrected chi connectivity index (χ0v) is 16.1. The van der Waals surface area contributed by atoms with E-state index in [0.29, 0.717) is 0 Å². The third-order valence-electron chi connectivity index (χ3n) is 4.73. The first kappa shape index (κ1) is 21.7. The van der Waals surface area contributed by atoms with Crippen LogP contribution in [0.1, 0.15) is 130 Å². The lowest BCUT2D eigenvalue weighted by molar-refractivity contribution is 0.564. The van der Waals surface area contributed by atoms with E-state index in [1.807, 2.05) is 0 Å². The smallest absolute Gasteiger partial charge is 0.0323 e. The van der Waals surface area contributed by atoms with Crippen LogP contribution in [0.3, 0.4) is 0 Å². The van der Waals surface area contributed by atoms with Crippen LogP contribution in [0.5, 0.6) is 0 Å². The fraction of sp³-hybridized carbons (Fsp3) is 0.909. The second-order valence-corrected chi connectivity index (χ2v) is 7.19. The average molecular weight is 309 g/mol. The highest BCUT2D eigenvalue weighted by atomic mass is 14.0. The zero-order chi connectivity index (χ0) is 16.3. The van der Waals surface area contributed by atoms with Gasteiger partial charge in [-0.1, -0.05) is 109 Å². The van der Waals surface area contributed by atoms with Crippen molar-refractivity contribution in [3.05, 3.63) is 11.6 Å². The summed E-state index contributed by atoms with van der Waals surface area (Å²) in [4.78, 5) is 0. The van der Waals surface area contributed by atoms with Crippen molar-refractivity contribution in [2.45, 2.75) is 130 Å². The molecule has 132 valence electrons. The highest BCUT2D eigenvalue weighted by Gasteiger charge is 1.94. The molecule has 0 aliphatic rings. The zero-order valence-electron chi connectivity index (χ0n) is 16.1. The number of unbranched alkanes of at least 4 members (excludes halogenated alkanes) is 14. The summed E-state index contributed by atoms with van der Waals surface area (Å²) in [6.45, 7) is 6.92. The first-order valence-electron chi connectivity index (χ1n) is 10.5. The second-order valence-electron chi connectivity index (χ2n) is 7.19. The molecule has 0 aromatic rings. The van der Waals surface area contributed by atoms with Gasteiger partial charge < -0.3 is 0 Å². The Labute approximate surface area is 142 Å². The molecule has 0 heteroatoms. The highest BCUT2D eigenvalue weighted by Crippen LogP contribution is 2.14. The van der Waals surface area contributed by atoms with Crippen molar-refractivity contribution in [3.63, 3.8) is 0 Å². The first-order valence-corrected chi connectivity index (χ1v) is 10.5. The van der Waals surface area contributed by atoms with E-state index in [9.17, 15) is 0 Å². The van der Waals surface area contributed by atoms with Crippen LogP contribution in [0, 0.1) is 0 Å². The Kier molecular flexibility index (Phi) is 18.6. The second kappa shape index (κ2) is 18.8. The minimum absolute atomic E-state index is 1.31. The summed E-state index contributed by atoms with van der Waals surface area (Å²) in [6.07, 6.45) is 26.6. The van der Waals surface area contributed by atoms with Crippen molar-refractivity contribution in [1.82, 2.24) is 0 Å². The van der Waals surface area contributed by atoms with E-state index in [4.69, 9.17) is 0 Å². The minimum atomic E-state index is 1.31. The molecule has 0 saturated heterocycles. The van der Waals surface area contributed by atoms with Gasteiger partial charge in [-0.25, -0.2) is 0 Å². The van der Waals surface area contributed by atoms with Crippen molar-refractivity contribution >= 4 is 0 Å². The summed E-state index contributed by atoms with van der Waals surface area (Å²) in [6, 6.07) is 0. The summed E-state index contributed by atoms with van der Waals surface area (Å²) in [5, 5.41) is 0. The van der Waals surface area contributed by atoms with Gasteiger partial charge in [-0.05, 0) is 32.6 Å². The van der Waals surface area contributed by atoms with Crippen LogP contribution in [-0.4, -0.2) is 0 Å². The Morgan fingerprint density at radius 1 is 0.545 bits per heavy atom. The van der Waals surface area contributed by atoms with Gasteiger partial charge in [-0.2, -0.15) is 0 Å². The van der Waals surface area contributed by atoms with Crippen LogP contribution in [0.2, 0.25) is 0 Å². The first-order chi connectivity index (χ1) is 10.8. The van der Waals surface area contributed by atoms with E-state index in [0.717, 1.165) is 0 Å². The van der Waals surface area contributed by atoms with Gasteiger partial charge in [0.05, 0.1) is 0 Å². The standard InChI is InChI=1S/C22H44/c1-4-6-8-10-12-13-15-17-19-21-22(3)20-18-16-14-11-9-7-5-2/h20H,4-19,21H2,1-3H3/b22-20+. The Morgan fingerprint density at radius 2 is 0.955 bits per heavy atom. The molecule has 0 radical (unpaired) electrons. The predicted molar refractivity (Wildman–Crippen MR) is 104 cm³/mol. The Hall–Kier alpha value is -0.260. The van der Waals surface area contributed by atoms with Crippen molar-refractivity contribution < 1.29 is 0 Å². The molecule has 0 atom stereocenters. The lowest BCUT2D eigenvalue weighted by atomic mass is 10.0. The van der Waals surface area contributed by atoms with Crippen molar-refractivity contribution in [1.29, 1.82) is 0 Å². The van der Waals surface area contributed by atoms with Gasteiger partial charge in [0.15, 0.2) is 0 Å². The molecule has 22 heavy (non-hydrogen) atoms. The van der Waals surface area contributed by atoms with Crippen LogP contribution >= 0.6 is 0 Å². The van der Waals surface area contributed by atoms with Crippen molar-refractivity contribution in [2.75, 3.05) is 0 Å². The highest BCUT2D eigenvalue weighted by molar-refractivity contribution is 4.97. The SMILES string of the molecule is CCCCCCCC/C=C(\C)CCCCCCCCCCC. The molecule has 0 aliphatic heterocycles. The molecule has 0 aliphatic carbocycles. The van der Waals surface area contributed by atoms with E-state index in [2.05, 4.69) is 26.8 Å². The maximum atomic E-state index is 2.50. The summed E-state index contributed by atoms with van der Waals surface area (Å²) in [5.74, 6) is 0. The minimum Gasteiger partial charge on any atom is -0.0856 e. The van der Waals surface area contributed by atoms with E-state index in [-0.39, 0.29) is 0 Å². The van der Waals surface area contributed by atoms with E-state index < -0.39 is 0 Å². The summed E-state index contributed by atoms with van der Waals surface area (Å²) in [5.41, 5.74) is 1.64. The Balaban J connectivity index is 3.23. The van der Waals surface area contributed by atoms with Crippen LogP contribution in [0.4, 0.5) is 0 Å². The van der Waals surface area contributed by atoms with Gasteiger partial charge in [0, 0.05) is 0 Å². The molecule has 0 nitrogen and oxygen atoms in total. The van der Waals surface area contributed by atoms with Gasteiger partial charge in [-0.15, -0.1) is 0 Å². The molecule has 0 heterocycles. The van der Waals surface area contributed by atoms with E-state index in [1.54, 1.807) is 5.57 Å². The van der Waals surface area contributed by atoms with Crippen LogP contribution in [0.15, 0.2) is 11.6 Å². The van der Waals surface area contributed by atoms with Crippen molar-refractivity contribution in [3.8, 4) is 0 Å². The summed E-state index contributed by atoms with van der Waals surface area (Å²) >= 11 is 0. The molecule has 0 N–H and O–H groups in total. The van der Waals surface area contributed by atoms with Crippen LogP contribution in [0.25, 0.3) is 0 Å². The number of hydrogen-bond donors (Lipinski definition) is 0. The maximum Gasteiger partial charge on any atom is -0.0323 e. The lowest BCUT2D eigenvalue weighted by Gasteiger charge is -2.03. The van der Waals surface area contributed by atoms with Gasteiger partial charge in [-0.3, -0.25) is 0 Å². The Bertz CT molecular complexity index is 226. The van der Waals surface area contributed by atoms with Gasteiger partial charge in [0.1, 0.15) is 0 Å². The largest absolute Gasteiger partial charge is 0.0856 e. The van der Waals surface area contributed by atoms with Gasteiger partial charge >= 0.3 is 0 Å². The third-order valence-corrected chi connectivity index (χ3v) is 4.73. The third kappa shape index (κ3) is 17.8. The lowest BCUT2D eigenvalue weighted by Crippen LogP contribution is -1.83. The molecule has 0 amide bonds. The Morgan fingerprint density at radius 3 is 1.45 bits per heavy atom. The summed E-state index contributed by atoms with van der Waals surface area (Å²) in [7, 11) is 0. The molecular weight excluding hydrogens is 264 g/mol. The fourth-order valence-corrected chi connectivity index (χ4v) is 3.09. The molecule has 0 rings (SSSR count). The quantitative estimate of drug-likeness (QED) is 0.186. The number of rotatable bonds is 17. The maximum absolute atomic E-state index is 2.50. The number of hydrogen-bond acceptors (Lipinski definition) is 0.